The molecule has 0 aliphatic carbocycles. The Labute approximate surface area is 196 Å². The highest BCUT2D eigenvalue weighted by atomic mass is 16.5. The number of rotatable bonds is 4. The van der Waals surface area contributed by atoms with Crippen molar-refractivity contribution < 1.29 is 19.1 Å². The molecule has 7 heteroatoms. The van der Waals surface area contributed by atoms with Crippen LogP contribution in [0.3, 0.4) is 0 Å². The first-order valence-electron chi connectivity index (χ1n) is 11.9. The molecule has 2 unspecified atom stereocenters. The van der Waals surface area contributed by atoms with Gasteiger partial charge in [0.05, 0.1) is 24.9 Å². The first-order chi connectivity index (χ1) is 15.8. The van der Waals surface area contributed by atoms with Crippen LogP contribution in [0.5, 0.6) is 5.75 Å². The van der Waals surface area contributed by atoms with Crippen LogP contribution in [-0.2, 0) is 9.53 Å². The van der Waals surface area contributed by atoms with Gasteiger partial charge in [0.2, 0.25) is 5.91 Å². The van der Waals surface area contributed by atoms with Crippen LogP contribution in [0.2, 0.25) is 0 Å². The number of hydrogen-bond donors (Lipinski definition) is 0. The van der Waals surface area contributed by atoms with Crippen molar-refractivity contribution in [3.8, 4) is 11.4 Å². The van der Waals surface area contributed by atoms with Gasteiger partial charge in [0.15, 0.2) is 0 Å². The summed E-state index contributed by atoms with van der Waals surface area (Å²) in [6, 6.07) is 9.81. The third-order valence-electron chi connectivity index (χ3n) is 6.84. The number of ether oxygens (including phenoxy) is 2. The van der Waals surface area contributed by atoms with E-state index in [4.69, 9.17) is 9.47 Å². The molecule has 1 aromatic carbocycles. The van der Waals surface area contributed by atoms with Gasteiger partial charge in [0.25, 0.3) is 5.91 Å². The number of amides is 2. The Hall–Kier alpha value is -2.80. The number of nitrogens with zero attached hydrogens (tertiary/aromatic N) is 3. The summed E-state index contributed by atoms with van der Waals surface area (Å²) < 4.78 is 13.2. The minimum Gasteiger partial charge on any atom is -0.497 e. The van der Waals surface area contributed by atoms with E-state index < -0.39 is 0 Å². The van der Waals surface area contributed by atoms with Gasteiger partial charge < -0.3 is 23.8 Å². The lowest BCUT2D eigenvalue weighted by atomic mass is 9.94. The second-order valence-corrected chi connectivity index (χ2v) is 9.39. The van der Waals surface area contributed by atoms with E-state index in [-0.39, 0.29) is 29.9 Å². The fourth-order valence-electron chi connectivity index (χ4n) is 5.24. The lowest BCUT2D eigenvalue weighted by Crippen LogP contribution is -2.51. The van der Waals surface area contributed by atoms with Crippen LogP contribution in [-0.4, -0.2) is 71.7 Å². The van der Waals surface area contributed by atoms with Crippen molar-refractivity contribution in [3.05, 3.63) is 47.3 Å². The van der Waals surface area contributed by atoms with Gasteiger partial charge >= 0.3 is 0 Å². The van der Waals surface area contributed by atoms with Crippen molar-refractivity contribution in [1.29, 1.82) is 0 Å². The van der Waals surface area contributed by atoms with Gasteiger partial charge in [-0.2, -0.15) is 0 Å². The topological polar surface area (TPSA) is 64.0 Å². The van der Waals surface area contributed by atoms with E-state index in [2.05, 4.69) is 4.57 Å². The van der Waals surface area contributed by atoms with E-state index in [9.17, 15) is 9.59 Å². The minimum absolute atomic E-state index is 0.0178. The predicted molar refractivity (Wildman–Crippen MR) is 127 cm³/mol. The second-order valence-electron chi connectivity index (χ2n) is 9.39. The van der Waals surface area contributed by atoms with Crippen LogP contribution in [0.15, 0.2) is 30.3 Å². The number of aryl methyl sites for hydroxylation is 1. The summed E-state index contributed by atoms with van der Waals surface area (Å²) >= 11 is 0. The Kier molecular flexibility index (Phi) is 6.79. The molecule has 178 valence electrons. The zero-order chi connectivity index (χ0) is 23.7. The first kappa shape index (κ1) is 23.4. The molecule has 2 fully saturated rings. The lowest BCUT2D eigenvalue weighted by Gasteiger charge is -2.39. The zero-order valence-corrected chi connectivity index (χ0v) is 20.3. The van der Waals surface area contributed by atoms with E-state index in [1.165, 1.54) is 0 Å². The molecule has 2 amide bonds. The molecule has 2 atom stereocenters. The number of benzene rings is 1. The molecule has 33 heavy (non-hydrogen) atoms. The average molecular weight is 454 g/mol. The molecule has 4 rings (SSSR count). The smallest absolute Gasteiger partial charge is 0.255 e. The van der Waals surface area contributed by atoms with Gasteiger partial charge in [-0.05, 0) is 58.7 Å². The number of likely N-dealkylation sites (tertiary alicyclic amines) is 1. The van der Waals surface area contributed by atoms with Crippen LogP contribution in [0.4, 0.5) is 0 Å². The molecule has 2 aromatic rings. The fourth-order valence-corrected chi connectivity index (χ4v) is 5.24. The van der Waals surface area contributed by atoms with E-state index in [0.717, 1.165) is 28.4 Å². The molecule has 2 aliphatic heterocycles. The summed E-state index contributed by atoms with van der Waals surface area (Å²) in [5.41, 5.74) is 3.61. The highest BCUT2D eigenvalue weighted by Gasteiger charge is 2.34. The standard InChI is InChI=1S/C26H35N3O4/c1-17-13-24(20(4)29(17)22-7-6-8-23(14-22)32-5)26(31)27-11-9-21(10-12-27)25(30)28-15-18(2)33-19(3)16-28/h6-8,13-14,18-19,21H,9-12,15-16H2,1-5H3. The maximum Gasteiger partial charge on any atom is 0.255 e. The molecular weight excluding hydrogens is 418 g/mol. The first-order valence-corrected chi connectivity index (χ1v) is 11.9. The van der Waals surface area contributed by atoms with Crippen molar-refractivity contribution in [2.75, 3.05) is 33.3 Å². The van der Waals surface area contributed by atoms with Crippen molar-refractivity contribution >= 4 is 11.8 Å². The molecule has 0 saturated carbocycles. The SMILES string of the molecule is COc1cccc(-n2c(C)cc(C(=O)N3CCC(C(=O)N4CC(C)OC(C)C4)CC3)c2C)c1. The highest BCUT2D eigenvalue weighted by Crippen LogP contribution is 2.27. The average Bonchev–Trinajstić information content (AvgIpc) is 3.11. The number of carbonyl (C=O) groups excluding carboxylic acids is 2. The van der Waals surface area contributed by atoms with Crippen LogP contribution in [0.25, 0.3) is 5.69 Å². The zero-order valence-electron chi connectivity index (χ0n) is 20.3. The Morgan fingerprint density at radius 3 is 2.30 bits per heavy atom. The molecule has 0 N–H and O–H groups in total. The van der Waals surface area contributed by atoms with E-state index in [1.54, 1.807) is 7.11 Å². The van der Waals surface area contributed by atoms with Gasteiger partial charge in [0.1, 0.15) is 5.75 Å². The maximum atomic E-state index is 13.4. The molecule has 1 aromatic heterocycles. The summed E-state index contributed by atoms with van der Waals surface area (Å²) in [5.74, 6) is 1.01. The Morgan fingerprint density at radius 2 is 1.67 bits per heavy atom. The number of morpholine rings is 1. The van der Waals surface area contributed by atoms with Crippen molar-refractivity contribution in [2.45, 2.75) is 52.7 Å². The summed E-state index contributed by atoms with van der Waals surface area (Å²) in [4.78, 5) is 30.3. The summed E-state index contributed by atoms with van der Waals surface area (Å²) in [6.45, 7) is 10.5. The number of aromatic nitrogens is 1. The summed E-state index contributed by atoms with van der Waals surface area (Å²) in [5, 5.41) is 0. The van der Waals surface area contributed by atoms with Crippen LogP contribution >= 0.6 is 0 Å². The molecular formula is C26H35N3O4. The van der Waals surface area contributed by atoms with Crippen LogP contribution in [0.1, 0.15) is 48.4 Å². The van der Waals surface area contributed by atoms with Gasteiger partial charge in [0, 0.05) is 55.2 Å². The van der Waals surface area contributed by atoms with Gasteiger partial charge in [-0.25, -0.2) is 0 Å². The van der Waals surface area contributed by atoms with Gasteiger partial charge in [-0.3, -0.25) is 9.59 Å². The lowest BCUT2D eigenvalue weighted by molar-refractivity contribution is -0.148. The van der Waals surface area contributed by atoms with Gasteiger partial charge in [-0.15, -0.1) is 0 Å². The largest absolute Gasteiger partial charge is 0.497 e. The monoisotopic (exact) mass is 453 g/mol. The predicted octanol–water partition coefficient (Wildman–Crippen LogP) is 3.59. The summed E-state index contributed by atoms with van der Waals surface area (Å²) in [7, 11) is 1.65. The minimum atomic E-state index is -0.0178. The van der Waals surface area contributed by atoms with Crippen molar-refractivity contribution in [2.24, 2.45) is 5.92 Å². The molecule has 2 aliphatic rings. The highest BCUT2D eigenvalue weighted by molar-refractivity contribution is 5.96. The molecule has 0 spiro atoms. The molecule has 3 heterocycles. The normalized spacial score (nSPS) is 21.8. The molecule has 7 nitrogen and oxygen atoms in total. The second kappa shape index (κ2) is 9.59. The Bertz CT molecular complexity index is 1010. The van der Waals surface area contributed by atoms with Crippen LogP contribution < -0.4 is 4.74 Å². The third kappa shape index (κ3) is 4.78. The third-order valence-corrected chi connectivity index (χ3v) is 6.84. The van der Waals surface area contributed by atoms with Crippen LogP contribution in [0, 0.1) is 19.8 Å². The number of carbonyl (C=O) groups is 2. The summed E-state index contributed by atoms with van der Waals surface area (Å²) in [6.07, 6.45) is 1.55. The molecule has 2 saturated heterocycles. The van der Waals surface area contributed by atoms with Gasteiger partial charge in [-0.1, -0.05) is 6.07 Å². The quantitative estimate of drug-likeness (QED) is 0.710. The fraction of sp³-hybridized carbons (Fsp3) is 0.538. The van der Waals surface area contributed by atoms with Crippen molar-refractivity contribution in [3.63, 3.8) is 0 Å². The Morgan fingerprint density at radius 1 is 1.00 bits per heavy atom. The van der Waals surface area contributed by atoms with E-state index >= 15 is 0 Å². The molecule has 0 bridgehead atoms. The number of methoxy groups -OCH3 is 1. The Balaban J connectivity index is 1.43. The van der Waals surface area contributed by atoms with E-state index in [1.807, 2.05) is 67.8 Å². The van der Waals surface area contributed by atoms with E-state index in [0.29, 0.717) is 39.0 Å². The maximum absolute atomic E-state index is 13.4. The molecule has 0 radical (unpaired) electrons. The number of piperidine rings is 1. The number of hydrogen-bond acceptors (Lipinski definition) is 4. The van der Waals surface area contributed by atoms with Crippen molar-refractivity contribution in [1.82, 2.24) is 14.4 Å².